The standard InChI is InChI=1S/C15H21N5O/c1-15(2,3)14-17-18-19-20(14)11-13(21)16-10-9-12-7-5-4-6-8-12/h4-8H,9-11H2,1-3H3,(H,16,21). The van der Waals surface area contributed by atoms with Crippen molar-refractivity contribution in [1.29, 1.82) is 0 Å². The molecule has 6 nitrogen and oxygen atoms in total. The van der Waals surface area contributed by atoms with Gasteiger partial charge in [-0.3, -0.25) is 4.79 Å². The molecule has 0 bridgehead atoms. The van der Waals surface area contributed by atoms with Gasteiger partial charge in [-0.05, 0) is 22.4 Å². The smallest absolute Gasteiger partial charge is 0.241 e. The number of nitrogens with zero attached hydrogens (tertiary/aromatic N) is 4. The van der Waals surface area contributed by atoms with Crippen LogP contribution in [0.25, 0.3) is 0 Å². The van der Waals surface area contributed by atoms with Gasteiger partial charge in [0.05, 0.1) is 0 Å². The van der Waals surface area contributed by atoms with Crippen molar-refractivity contribution in [2.24, 2.45) is 0 Å². The predicted octanol–water partition coefficient (Wildman–Crippen LogP) is 1.33. The average molecular weight is 287 g/mol. The Bertz CT molecular complexity index is 586. The Hall–Kier alpha value is -2.24. The summed E-state index contributed by atoms with van der Waals surface area (Å²) in [5.41, 5.74) is 1.02. The fourth-order valence-corrected chi connectivity index (χ4v) is 2.03. The van der Waals surface area contributed by atoms with E-state index in [1.54, 1.807) is 4.68 Å². The van der Waals surface area contributed by atoms with E-state index in [2.05, 4.69) is 20.8 Å². The van der Waals surface area contributed by atoms with Crippen molar-refractivity contribution in [2.45, 2.75) is 39.2 Å². The van der Waals surface area contributed by atoms with Crippen LogP contribution in [0.15, 0.2) is 30.3 Å². The molecule has 0 aliphatic heterocycles. The molecule has 1 heterocycles. The number of rotatable bonds is 5. The van der Waals surface area contributed by atoms with Crippen LogP contribution in [0, 0.1) is 0 Å². The second-order valence-electron chi connectivity index (χ2n) is 6.00. The molecule has 0 spiro atoms. The van der Waals surface area contributed by atoms with Crippen molar-refractivity contribution >= 4 is 5.91 Å². The Morgan fingerprint density at radius 2 is 1.95 bits per heavy atom. The van der Waals surface area contributed by atoms with E-state index in [4.69, 9.17) is 0 Å². The Morgan fingerprint density at radius 3 is 2.62 bits per heavy atom. The topological polar surface area (TPSA) is 72.7 Å². The zero-order valence-corrected chi connectivity index (χ0v) is 12.7. The van der Waals surface area contributed by atoms with E-state index >= 15 is 0 Å². The third-order valence-corrected chi connectivity index (χ3v) is 3.07. The molecule has 0 aliphatic rings. The van der Waals surface area contributed by atoms with Gasteiger partial charge in [0.15, 0.2) is 5.82 Å². The molecule has 0 saturated carbocycles. The molecule has 21 heavy (non-hydrogen) atoms. The van der Waals surface area contributed by atoms with E-state index in [0.717, 1.165) is 6.42 Å². The van der Waals surface area contributed by atoms with Gasteiger partial charge in [0.1, 0.15) is 6.54 Å². The molecule has 0 unspecified atom stereocenters. The second-order valence-corrected chi connectivity index (χ2v) is 6.00. The maximum Gasteiger partial charge on any atom is 0.241 e. The van der Waals surface area contributed by atoms with Gasteiger partial charge in [-0.25, -0.2) is 4.68 Å². The molecule has 0 fully saturated rings. The van der Waals surface area contributed by atoms with Crippen molar-refractivity contribution in [2.75, 3.05) is 6.54 Å². The summed E-state index contributed by atoms with van der Waals surface area (Å²) < 4.78 is 1.55. The summed E-state index contributed by atoms with van der Waals surface area (Å²) in [5.74, 6) is 0.629. The number of amides is 1. The van der Waals surface area contributed by atoms with Gasteiger partial charge in [-0.15, -0.1) is 5.10 Å². The monoisotopic (exact) mass is 287 g/mol. The van der Waals surface area contributed by atoms with Crippen LogP contribution < -0.4 is 5.32 Å². The van der Waals surface area contributed by atoms with Crippen molar-refractivity contribution < 1.29 is 4.79 Å². The Balaban J connectivity index is 1.84. The first-order valence-corrected chi connectivity index (χ1v) is 7.04. The number of hydrogen-bond donors (Lipinski definition) is 1. The number of tetrazole rings is 1. The van der Waals surface area contributed by atoms with Crippen LogP contribution in [0.1, 0.15) is 32.2 Å². The molecule has 0 radical (unpaired) electrons. The van der Waals surface area contributed by atoms with E-state index in [0.29, 0.717) is 12.4 Å². The molecule has 1 aromatic carbocycles. The van der Waals surface area contributed by atoms with Gasteiger partial charge in [0, 0.05) is 12.0 Å². The summed E-state index contributed by atoms with van der Waals surface area (Å²) in [6, 6.07) is 10.1. The third-order valence-electron chi connectivity index (χ3n) is 3.07. The maximum absolute atomic E-state index is 12.0. The predicted molar refractivity (Wildman–Crippen MR) is 79.7 cm³/mol. The molecule has 1 aromatic heterocycles. The lowest BCUT2D eigenvalue weighted by atomic mass is 9.96. The van der Waals surface area contributed by atoms with Gasteiger partial charge in [0.2, 0.25) is 5.91 Å². The molecule has 0 aliphatic carbocycles. The van der Waals surface area contributed by atoms with E-state index in [1.807, 2.05) is 51.1 Å². The van der Waals surface area contributed by atoms with E-state index in [9.17, 15) is 4.79 Å². The first-order chi connectivity index (χ1) is 9.97. The fourth-order valence-electron chi connectivity index (χ4n) is 2.03. The third kappa shape index (κ3) is 4.37. The largest absolute Gasteiger partial charge is 0.354 e. The van der Waals surface area contributed by atoms with Gasteiger partial charge < -0.3 is 5.32 Å². The Kier molecular flexibility index (Phi) is 4.67. The molecule has 1 N–H and O–H groups in total. The van der Waals surface area contributed by atoms with E-state index in [-0.39, 0.29) is 17.9 Å². The molecular weight excluding hydrogens is 266 g/mol. The van der Waals surface area contributed by atoms with E-state index < -0.39 is 0 Å². The minimum absolute atomic E-state index is 0.0799. The van der Waals surface area contributed by atoms with Gasteiger partial charge in [0.25, 0.3) is 0 Å². The van der Waals surface area contributed by atoms with Crippen LogP contribution in [0.5, 0.6) is 0 Å². The highest BCUT2D eigenvalue weighted by Gasteiger charge is 2.22. The molecule has 0 atom stereocenters. The quantitative estimate of drug-likeness (QED) is 0.900. The summed E-state index contributed by atoms with van der Waals surface area (Å²) in [5, 5.41) is 14.4. The van der Waals surface area contributed by atoms with Crippen LogP contribution in [0.2, 0.25) is 0 Å². The van der Waals surface area contributed by atoms with Crippen molar-refractivity contribution in [1.82, 2.24) is 25.5 Å². The highest BCUT2D eigenvalue weighted by molar-refractivity contribution is 5.75. The van der Waals surface area contributed by atoms with Gasteiger partial charge in [-0.2, -0.15) is 0 Å². The van der Waals surface area contributed by atoms with Crippen LogP contribution in [0.4, 0.5) is 0 Å². The molecule has 6 heteroatoms. The molecule has 2 aromatic rings. The second kappa shape index (κ2) is 6.47. The summed E-state index contributed by atoms with van der Waals surface area (Å²) in [6.45, 7) is 6.80. The van der Waals surface area contributed by atoms with Crippen LogP contribution in [-0.2, 0) is 23.2 Å². The first kappa shape index (κ1) is 15.2. The van der Waals surface area contributed by atoms with E-state index in [1.165, 1.54) is 5.56 Å². The van der Waals surface area contributed by atoms with Crippen LogP contribution in [-0.4, -0.2) is 32.7 Å². The molecule has 112 valence electrons. The Morgan fingerprint density at radius 1 is 1.24 bits per heavy atom. The lowest BCUT2D eigenvalue weighted by Gasteiger charge is -2.16. The van der Waals surface area contributed by atoms with Crippen molar-refractivity contribution in [3.05, 3.63) is 41.7 Å². The number of carbonyl (C=O) groups excluding carboxylic acids is 1. The minimum atomic E-state index is -0.187. The average Bonchev–Trinajstić information content (AvgIpc) is 2.88. The number of hydrogen-bond acceptors (Lipinski definition) is 4. The number of aromatic nitrogens is 4. The van der Waals surface area contributed by atoms with Crippen molar-refractivity contribution in [3.63, 3.8) is 0 Å². The molecule has 1 amide bonds. The zero-order valence-electron chi connectivity index (χ0n) is 12.7. The number of benzene rings is 1. The molecular formula is C15H21N5O. The highest BCUT2D eigenvalue weighted by Crippen LogP contribution is 2.18. The minimum Gasteiger partial charge on any atom is -0.354 e. The lowest BCUT2D eigenvalue weighted by Crippen LogP contribution is -2.32. The SMILES string of the molecule is CC(C)(C)c1nnnn1CC(=O)NCCc1ccccc1. The zero-order chi connectivity index (χ0) is 15.3. The van der Waals surface area contributed by atoms with Gasteiger partial charge in [-0.1, -0.05) is 51.1 Å². The Labute approximate surface area is 124 Å². The lowest BCUT2D eigenvalue weighted by molar-refractivity contribution is -0.121. The van der Waals surface area contributed by atoms with Gasteiger partial charge >= 0.3 is 0 Å². The summed E-state index contributed by atoms with van der Waals surface area (Å²) >= 11 is 0. The van der Waals surface area contributed by atoms with Crippen LogP contribution >= 0.6 is 0 Å². The normalized spacial score (nSPS) is 11.4. The molecule has 0 saturated heterocycles. The number of nitrogens with one attached hydrogen (secondary N) is 1. The summed E-state index contributed by atoms with van der Waals surface area (Å²) in [6.07, 6.45) is 0.814. The number of carbonyl (C=O) groups is 1. The maximum atomic E-state index is 12.0. The summed E-state index contributed by atoms with van der Waals surface area (Å²) in [4.78, 5) is 12.0. The molecule has 2 rings (SSSR count). The first-order valence-electron chi connectivity index (χ1n) is 7.04. The highest BCUT2D eigenvalue weighted by atomic mass is 16.2. The van der Waals surface area contributed by atoms with Crippen molar-refractivity contribution in [3.8, 4) is 0 Å². The fraction of sp³-hybridized carbons (Fsp3) is 0.467. The summed E-state index contributed by atoms with van der Waals surface area (Å²) in [7, 11) is 0. The van der Waals surface area contributed by atoms with Crippen LogP contribution in [0.3, 0.4) is 0 Å².